The van der Waals surface area contributed by atoms with Crippen LogP contribution < -0.4 is 4.90 Å². The van der Waals surface area contributed by atoms with Crippen molar-refractivity contribution in [1.29, 1.82) is 5.26 Å². The van der Waals surface area contributed by atoms with E-state index in [0.29, 0.717) is 11.4 Å². The van der Waals surface area contributed by atoms with Crippen molar-refractivity contribution in [2.24, 2.45) is 0 Å². The molecule has 0 aliphatic rings. The fourth-order valence-corrected chi connectivity index (χ4v) is 2.22. The smallest absolute Gasteiger partial charge is 0.146 e. The van der Waals surface area contributed by atoms with Gasteiger partial charge < -0.3 is 4.90 Å². The van der Waals surface area contributed by atoms with Crippen molar-refractivity contribution in [2.75, 3.05) is 19.0 Å². The van der Waals surface area contributed by atoms with Gasteiger partial charge >= 0.3 is 0 Å². The van der Waals surface area contributed by atoms with Crippen LogP contribution in [0.1, 0.15) is 23.6 Å². The lowest BCUT2D eigenvalue weighted by molar-refractivity contribution is 1.06. The van der Waals surface area contributed by atoms with E-state index in [1.54, 1.807) is 0 Å². The molecule has 3 nitrogen and oxygen atoms in total. The van der Waals surface area contributed by atoms with Crippen LogP contribution in [0, 0.1) is 18.3 Å². The Morgan fingerprint density at radius 3 is 2.35 bits per heavy atom. The monoisotopic (exact) mass is 265 g/mol. The summed E-state index contributed by atoms with van der Waals surface area (Å²) in [7, 11) is 3.81. The van der Waals surface area contributed by atoms with Crippen LogP contribution in [0.4, 0.5) is 5.82 Å². The van der Waals surface area contributed by atoms with E-state index in [1.165, 1.54) is 5.56 Å². The molecule has 2 aromatic rings. The zero-order valence-corrected chi connectivity index (χ0v) is 12.4. The number of hydrogen-bond acceptors (Lipinski definition) is 3. The molecule has 0 aliphatic carbocycles. The number of aryl methyl sites for hydroxylation is 2. The first kappa shape index (κ1) is 14.1. The number of nitrogens with zero attached hydrogens (tertiary/aromatic N) is 3. The maximum Gasteiger partial charge on any atom is 0.146 e. The molecule has 1 aromatic carbocycles. The number of hydrogen-bond donors (Lipinski definition) is 0. The van der Waals surface area contributed by atoms with E-state index in [1.807, 2.05) is 32.0 Å². The van der Waals surface area contributed by atoms with Crippen LogP contribution in [0.25, 0.3) is 11.3 Å². The summed E-state index contributed by atoms with van der Waals surface area (Å²) < 4.78 is 0. The third-order valence-electron chi connectivity index (χ3n) is 3.37. The molecule has 0 saturated carbocycles. The quantitative estimate of drug-likeness (QED) is 0.852. The number of pyridine rings is 1. The minimum atomic E-state index is 0.612. The van der Waals surface area contributed by atoms with E-state index in [4.69, 9.17) is 0 Å². The Kier molecular flexibility index (Phi) is 4.05. The van der Waals surface area contributed by atoms with Crippen molar-refractivity contribution in [3.8, 4) is 17.3 Å². The fraction of sp³-hybridized carbons (Fsp3) is 0.294. The minimum absolute atomic E-state index is 0.612. The predicted molar refractivity (Wildman–Crippen MR) is 82.8 cm³/mol. The zero-order valence-electron chi connectivity index (χ0n) is 12.4. The maximum atomic E-state index is 9.20. The zero-order chi connectivity index (χ0) is 14.7. The third kappa shape index (κ3) is 2.65. The van der Waals surface area contributed by atoms with Crippen LogP contribution in [0.15, 0.2) is 30.3 Å². The topological polar surface area (TPSA) is 39.9 Å². The van der Waals surface area contributed by atoms with Crippen molar-refractivity contribution in [2.45, 2.75) is 20.3 Å². The summed E-state index contributed by atoms with van der Waals surface area (Å²) in [6.07, 6.45) is 1.03. The first-order valence-corrected chi connectivity index (χ1v) is 6.75. The second kappa shape index (κ2) is 5.75. The van der Waals surface area contributed by atoms with Crippen molar-refractivity contribution >= 4 is 5.82 Å². The van der Waals surface area contributed by atoms with Crippen LogP contribution in [0.2, 0.25) is 0 Å². The van der Waals surface area contributed by atoms with Crippen LogP contribution in [0.3, 0.4) is 0 Å². The molecule has 20 heavy (non-hydrogen) atoms. The molecule has 0 atom stereocenters. The number of aromatic nitrogens is 1. The summed E-state index contributed by atoms with van der Waals surface area (Å²) >= 11 is 0. The van der Waals surface area contributed by atoms with Gasteiger partial charge in [0.15, 0.2) is 0 Å². The van der Waals surface area contributed by atoms with Crippen molar-refractivity contribution < 1.29 is 0 Å². The molecular weight excluding hydrogens is 246 g/mol. The molecule has 102 valence electrons. The average molecular weight is 265 g/mol. The van der Waals surface area contributed by atoms with Gasteiger partial charge in [-0.25, -0.2) is 4.98 Å². The molecule has 1 heterocycles. The predicted octanol–water partition coefficient (Wildman–Crippen LogP) is 3.56. The van der Waals surface area contributed by atoms with Gasteiger partial charge in [0, 0.05) is 19.7 Å². The number of rotatable bonds is 3. The molecule has 0 spiro atoms. The van der Waals surface area contributed by atoms with Crippen molar-refractivity contribution in [1.82, 2.24) is 4.98 Å². The van der Waals surface area contributed by atoms with E-state index >= 15 is 0 Å². The van der Waals surface area contributed by atoms with Gasteiger partial charge in [0.2, 0.25) is 0 Å². The van der Waals surface area contributed by atoms with Crippen molar-refractivity contribution in [3.63, 3.8) is 0 Å². The number of anilines is 1. The van der Waals surface area contributed by atoms with E-state index < -0.39 is 0 Å². The summed E-state index contributed by atoms with van der Waals surface area (Å²) in [5.74, 6) is 0.715. The summed E-state index contributed by atoms with van der Waals surface area (Å²) in [5, 5.41) is 9.20. The summed E-state index contributed by atoms with van der Waals surface area (Å²) in [5.41, 5.74) is 4.98. The fourth-order valence-electron chi connectivity index (χ4n) is 2.22. The standard InChI is InChI=1S/C17H19N3/c1-5-13-6-8-14(9-7-13)16-12(2)10-15(11-18)17(19-16)20(3)4/h6-10H,5H2,1-4H3. The molecule has 0 bridgehead atoms. The molecule has 0 amide bonds. The highest BCUT2D eigenvalue weighted by Crippen LogP contribution is 2.27. The van der Waals surface area contributed by atoms with E-state index in [9.17, 15) is 5.26 Å². The SMILES string of the molecule is CCc1ccc(-c2nc(N(C)C)c(C#N)cc2C)cc1. The van der Waals surface area contributed by atoms with Gasteiger partial charge in [-0.1, -0.05) is 31.2 Å². The highest BCUT2D eigenvalue weighted by Gasteiger charge is 2.12. The normalized spacial score (nSPS) is 10.2. The van der Waals surface area contributed by atoms with Gasteiger partial charge in [-0.3, -0.25) is 0 Å². The largest absolute Gasteiger partial charge is 0.362 e. The Labute approximate surface area is 120 Å². The van der Waals surface area contributed by atoms with Crippen LogP contribution in [0.5, 0.6) is 0 Å². The van der Waals surface area contributed by atoms with Gasteiger partial charge in [0.25, 0.3) is 0 Å². The first-order chi connectivity index (χ1) is 9.56. The summed E-state index contributed by atoms with van der Waals surface area (Å²) in [6.45, 7) is 4.14. The first-order valence-electron chi connectivity index (χ1n) is 6.75. The summed E-state index contributed by atoms with van der Waals surface area (Å²) in [4.78, 5) is 6.55. The van der Waals surface area contributed by atoms with Crippen LogP contribution in [-0.2, 0) is 6.42 Å². The lowest BCUT2D eigenvalue weighted by Gasteiger charge is -2.16. The average Bonchev–Trinajstić information content (AvgIpc) is 2.46. The van der Waals surface area contributed by atoms with E-state index in [2.05, 4.69) is 42.2 Å². The Morgan fingerprint density at radius 2 is 1.85 bits per heavy atom. The Morgan fingerprint density at radius 1 is 1.20 bits per heavy atom. The van der Waals surface area contributed by atoms with Gasteiger partial charge in [-0.15, -0.1) is 0 Å². The molecule has 3 heteroatoms. The maximum absolute atomic E-state index is 9.20. The second-order valence-electron chi connectivity index (χ2n) is 5.08. The molecule has 0 saturated heterocycles. The number of nitriles is 1. The minimum Gasteiger partial charge on any atom is -0.362 e. The molecule has 0 unspecified atom stereocenters. The molecule has 1 aromatic heterocycles. The van der Waals surface area contributed by atoms with Crippen molar-refractivity contribution in [3.05, 3.63) is 47.0 Å². The second-order valence-corrected chi connectivity index (χ2v) is 5.08. The van der Waals surface area contributed by atoms with Crippen LogP contribution >= 0.6 is 0 Å². The molecule has 0 radical (unpaired) electrons. The highest BCUT2D eigenvalue weighted by atomic mass is 15.1. The third-order valence-corrected chi connectivity index (χ3v) is 3.37. The lowest BCUT2D eigenvalue weighted by Crippen LogP contribution is -2.13. The lowest BCUT2D eigenvalue weighted by atomic mass is 10.0. The molecule has 0 aliphatic heterocycles. The Hall–Kier alpha value is -2.34. The number of benzene rings is 1. The van der Waals surface area contributed by atoms with E-state index in [-0.39, 0.29) is 0 Å². The molecular formula is C17H19N3. The molecule has 0 N–H and O–H groups in total. The summed E-state index contributed by atoms with van der Waals surface area (Å²) in [6, 6.07) is 12.6. The van der Waals surface area contributed by atoms with Gasteiger partial charge in [-0.2, -0.15) is 5.26 Å². The van der Waals surface area contributed by atoms with Gasteiger partial charge in [-0.05, 0) is 30.5 Å². The molecule has 0 fully saturated rings. The van der Waals surface area contributed by atoms with Gasteiger partial charge in [0.05, 0.1) is 11.3 Å². The van der Waals surface area contributed by atoms with Gasteiger partial charge in [0.1, 0.15) is 11.9 Å². The van der Waals surface area contributed by atoms with Crippen LogP contribution in [-0.4, -0.2) is 19.1 Å². The highest BCUT2D eigenvalue weighted by molar-refractivity contribution is 5.68. The van der Waals surface area contributed by atoms with E-state index in [0.717, 1.165) is 23.2 Å². The molecule has 2 rings (SSSR count). The Bertz CT molecular complexity index is 649. The Balaban J connectivity index is 2.56.